The van der Waals surface area contributed by atoms with Crippen LogP contribution in [0.15, 0.2) is 17.5 Å². The molecule has 74 valence electrons. The Labute approximate surface area is 100 Å². The van der Waals surface area contributed by atoms with E-state index in [9.17, 15) is 0 Å². The lowest BCUT2D eigenvalue weighted by molar-refractivity contribution is 0.342. The fraction of sp³-hybridized carbons (Fsp3) is 0.200. The number of halogens is 1. The van der Waals surface area contributed by atoms with Gasteiger partial charge in [-0.15, -0.1) is 11.3 Å². The van der Waals surface area contributed by atoms with E-state index in [-0.39, 0.29) is 0 Å². The monoisotopic (exact) mass is 319 g/mol. The van der Waals surface area contributed by atoms with Crippen molar-refractivity contribution >= 4 is 49.7 Å². The maximum absolute atomic E-state index is 6.03. The van der Waals surface area contributed by atoms with Crippen LogP contribution in [0.1, 0.15) is 6.92 Å². The van der Waals surface area contributed by atoms with E-state index >= 15 is 0 Å². The van der Waals surface area contributed by atoms with E-state index < -0.39 is 0 Å². The molecule has 1 aromatic heterocycles. The Hall–Kier alpha value is -0.490. The van der Waals surface area contributed by atoms with Crippen LogP contribution in [0.5, 0.6) is 5.75 Å². The first kappa shape index (κ1) is 10.0. The van der Waals surface area contributed by atoms with E-state index in [1.165, 1.54) is 8.27 Å². The first-order valence-corrected chi connectivity index (χ1v) is 6.28. The number of anilines is 1. The Morgan fingerprint density at radius 3 is 3.00 bits per heavy atom. The first-order valence-electron chi connectivity index (χ1n) is 4.32. The third-order valence-corrected chi connectivity index (χ3v) is 4.22. The van der Waals surface area contributed by atoms with Crippen molar-refractivity contribution in [2.75, 3.05) is 12.3 Å². The molecule has 2 rings (SSSR count). The van der Waals surface area contributed by atoms with E-state index in [1.54, 1.807) is 11.3 Å². The van der Waals surface area contributed by atoms with Gasteiger partial charge in [-0.05, 0) is 41.6 Å². The summed E-state index contributed by atoms with van der Waals surface area (Å²) in [6.45, 7) is 2.61. The molecule has 0 spiro atoms. The second kappa shape index (κ2) is 3.94. The fourth-order valence-electron chi connectivity index (χ4n) is 1.38. The first-order chi connectivity index (χ1) is 6.74. The largest absolute Gasteiger partial charge is 0.492 e. The zero-order valence-corrected chi connectivity index (χ0v) is 10.7. The van der Waals surface area contributed by atoms with E-state index in [2.05, 4.69) is 34.0 Å². The van der Waals surface area contributed by atoms with Crippen molar-refractivity contribution in [3.05, 3.63) is 21.1 Å². The van der Waals surface area contributed by atoms with Gasteiger partial charge in [0.25, 0.3) is 0 Å². The van der Waals surface area contributed by atoms with Gasteiger partial charge in [0.05, 0.1) is 12.3 Å². The number of nitrogens with two attached hydrogens (primary N) is 1. The van der Waals surface area contributed by atoms with Crippen molar-refractivity contribution in [3.8, 4) is 5.75 Å². The number of nitrogen functional groups attached to an aromatic ring is 1. The number of hydrogen-bond acceptors (Lipinski definition) is 3. The minimum atomic E-state index is 0.649. The van der Waals surface area contributed by atoms with E-state index in [4.69, 9.17) is 10.5 Å². The topological polar surface area (TPSA) is 35.2 Å². The molecule has 0 atom stereocenters. The maximum Gasteiger partial charge on any atom is 0.142 e. The number of benzene rings is 1. The van der Waals surface area contributed by atoms with Gasteiger partial charge in [0.15, 0.2) is 0 Å². The molecule has 2 N–H and O–H groups in total. The number of rotatable bonds is 2. The summed E-state index contributed by atoms with van der Waals surface area (Å²) in [7, 11) is 0. The van der Waals surface area contributed by atoms with Crippen molar-refractivity contribution < 1.29 is 4.74 Å². The predicted octanol–water partition coefficient (Wildman–Crippen LogP) is 3.49. The van der Waals surface area contributed by atoms with Gasteiger partial charge in [0, 0.05) is 19.0 Å². The molecule has 0 aliphatic carbocycles. The lowest BCUT2D eigenvalue weighted by Gasteiger charge is -2.07. The molecule has 0 saturated carbocycles. The van der Waals surface area contributed by atoms with Crippen molar-refractivity contribution in [1.29, 1.82) is 0 Å². The molecule has 0 fully saturated rings. The minimum absolute atomic E-state index is 0.649. The van der Waals surface area contributed by atoms with Gasteiger partial charge in [-0.3, -0.25) is 0 Å². The van der Waals surface area contributed by atoms with Gasteiger partial charge in [0.1, 0.15) is 5.75 Å². The average Bonchev–Trinajstić information content (AvgIpc) is 2.54. The van der Waals surface area contributed by atoms with Crippen LogP contribution < -0.4 is 10.5 Å². The Balaban J connectivity index is 2.66. The molecule has 1 heterocycles. The standard InChI is InChI=1S/C10H10INOS/c1-2-13-7-3-4-8-9(10(7)12)6(11)5-14-8/h3-5H,2,12H2,1H3. The quantitative estimate of drug-likeness (QED) is 0.679. The van der Waals surface area contributed by atoms with Gasteiger partial charge in [-0.25, -0.2) is 0 Å². The third kappa shape index (κ3) is 1.56. The van der Waals surface area contributed by atoms with Gasteiger partial charge < -0.3 is 10.5 Å². The number of thiophene rings is 1. The van der Waals surface area contributed by atoms with Crippen LogP contribution in [0, 0.1) is 3.57 Å². The molecule has 14 heavy (non-hydrogen) atoms. The average molecular weight is 319 g/mol. The Morgan fingerprint density at radius 2 is 2.29 bits per heavy atom. The Kier molecular flexibility index (Phi) is 2.83. The van der Waals surface area contributed by atoms with Crippen LogP contribution in [-0.4, -0.2) is 6.61 Å². The molecule has 0 saturated heterocycles. The molecule has 1 aromatic carbocycles. The molecule has 0 aliphatic rings. The summed E-state index contributed by atoms with van der Waals surface area (Å²) in [6, 6.07) is 4.00. The van der Waals surface area contributed by atoms with Crippen molar-refractivity contribution in [1.82, 2.24) is 0 Å². The van der Waals surface area contributed by atoms with E-state index in [0.717, 1.165) is 16.8 Å². The second-order valence-corrected chi connectivity index (χ2v) is 4.94. The van der Waals surface area contributed by atoms with Gasteiger partial charge in [-0.1, -0.05) is 0 Å². The molecule has 0 unspecified atom stereocenters. The summed E-state index contributed by atoms with van der Waals surface area (Å²) < 4.78 is 7.86. The van der Waals surface area contributed by atoms with Crippen LogP contribution in [-0.2, 0) is 0 Å². The summed E-state index contributed by atoms with van der Waals surface area (Å²) in [5.74, 6) is 0.788. The van der Waals surface area contributed by atoms with E-state index in [0.29, 0.717) is 6.61 Å². The normalized spacial score (nSPS) is 10.7. The van der Waals surface area contributed by atoms with E-state index in [1.807, 2.05) is 13.0 Å². The lowest BCUT2D eigenvalue weighted by atomic mass is 10.2. The van der Waals surface area contributed by atoms with Crippen molar-refractivity contribution in [3.63, 3.8) is 0 Å². The van der Waals surface area contributed by atoms with Crippen LogP contribution in [0.25, 0.3) is 10.1 Å². The lowest BCUT2D eigenvalue weighted by Crippen LogP contribution is -1.97. The van der Waals surface area contributed by atoms with Crippen LogP contribution >= 0.6 is 33.9 Å². The highest BCUT2D eigenvalue weighted by molar-refractivity contribution is 14.1. The maximum atomic E-state index is 6.03. The summed E-state index contributed by atoms with van der Waals surface area (Å²) in [5, 5.41) is 3.23. The Bertz CT molecular complexity index is 466. The summed E-state index contributed by atoms with van der Waals surface area (Å²) >= 11 is 4.01. The van der Waals surface area contributed by atoms with Crippen LogP contribution in [0.2, 0.25) is 0 Å². The number of ether oxygens (including phenoxy) is 1. The smallest absolute Gasteiger partial charge is 0.142 e. The minimum Gasteiger partial charge on any atom is -0.492 e. The molecule has 2 aromatic rings. The fourth-order valence-corrected chi connectivity index (χ4v) is 3.36. The molecule has 0 aliphatic heterocycles. The van der Waals surface area contributed by atoms with Gasteiger partial charge in [-0.2, -0.15) is 0 Å². The molecular formula is C10H10INOS. The molecule has 4 heteroatoms. The van der Waals surface area contributed by atoms with Gasteiger partial charge in [0.2, 0.25) is 0 Å². The summed E-state index contributed by atoms with van der Waals surface area (Å²) in [5.41, 5.74) is 6.79. The molecule has 2 nitrogen and oxygen atoms in total. The Morgan fingerprint density at radius 1 is 1.50 bits per heavy atom. The van der Waals surface area contributed by atoms with Gasteiger partial charge >= 0.3 is 0 Å². The predicted molar refractivity (Wildman–Crippen MR) is 70.1 cm³/mol. The van der Waals surface area contributed by atoms with Crippen LogP contribution in [0.4, 0.5) is 5.69 Å². The number of hydrogen-bond donors (Lipinski definition) is 1. The molecular weight excluding hydrogens is 309 g/mol. The highest BCUT2D eigenvalue weighted by Crippen LogP contribution is 2.37. The molecule has 0 bridgehead atoms. The van der Waals surface area contributed by atoms with Crippen molar-refractivity contribution in [2.24, 2.45) is 0 Å². The highest BCUT2D eigenvalue weighted by atomic mass is 127. The summed E-state index contributed by atoms with van der Waals surface area (Å²) in [4.78, 5) is 0. The SMILES string of the molecule is CCOc1ccc2scc(I)c2c1N. The zero-order valence-electron chi connectivity index (χ0n) is 7.71. The highest BCUT2D eigenvalue weighted by Gasteiger charge is 2.09. The molecule has 0 amide bonds. The zero-order chi connectivity index (χ0) is 10.1. The van der Waals surface area contributed by atoms with Crippen LogP contribution in [0.3, 0.4) is 0 Å². The summed E-state index contributed by atoms with van der Waals surface area (Å²) in [6.07, 6.45) is 0. The third-order valence-electron chi connectivity index (χ3n) is 2.00. The molecule has 0 radical (unpaired) electrons. The second-order valence-electron chi connectivity index (χ2n) is 2.87. The van der Waals surface area contributed by atoms with Crippen molar-refractivity contribution in [2.45, 2.75) is 6.92 Å². The number of fused-ring (bicyclic) bond motifs is 1.